The molecule has 1 nitrogen and oxygen atoms in total. The fourth-order valence-corrected chi connectivity index (χ4v) is 2.98. The summed E-state index contributed by atoms with van der Waals surface area (Å²) in [6, 6.07) is 8.74. The molecular weight excluding hydrogens is 244 g/mol. The third-order valence-electron chi connectivity index (χ3n) is 4.83. The molecule has 1 fully saturated rings. The Labute approximate surface area is 124 Å². The Balaban J connectivity index is 1.76. The van der Waals surface area contributed by atoms with Gasteiger partial charge in [0.2, 0.25) is 0 Å². The van der Waals surface area contributed by atoms with Gasteiger partial charge in [-0.1, -0.05) is 52.2 Å². The van der Waals surface area contributed by atoms with Crippen molar-refractivity contribution in [1.82, 2.24) is 0 Å². The van der Waals surface area contributed by atoms with Gasteiger partial charge in [0.05, 0.1) is 6.61 Å². The molecule has 1 unspecified atom stereocenters. The molecule has 2 rings (SSSR count). The second kappa shape index (κ2) is 7.71. The molecule has 0 aromatic heterocycles. The third-order valence-corrected chi connectivity index (χ3v) is 4.83. The average molecular weight is 274 g/mol. The van der Waals surface area contributed by atoms with Crippen LogP contribution in [0, 0.1) is 17.8 Å². The van der Waals surface area contributed by atoms with Crippen LogP contribution in [0.2, 0.25) is 0 Å². The molecule has 0 radical (unpaired) electrons. The summed E-state index contributed by atoms with van der Waals surface area (Å²) in [7, 11) is 0. The van der Waals surface area contributed by atoms with Gasteiger partial charge in [-0.15, -0.1) is 0 Å². The second-order valence-corrected chi connectivity index (χ2v) is 6.80. The first-order chi connectivity index (χ1) is 9.67. The molecule has 0 bridgehead atoms. The number of rotatable bonds is 6. The quantitative estimate of drug-likeness (QED) is 0.667. The van der Waals surface area contributed by atoms with Crippen LogP contribution in [-0.2, 0) is 6.42 Å². The Hall–Kier alpha value is -0.980. The molecule has 1 aromatic rings. The molecule has 0 aliphatic heterocycles. The number of hydrogen-bond donors (Lipinski definition) is 0. The summed E-state index contributed by atoms with van der Waals surface area (Å²) in [5.74, 6) is 3.50. The van der Waals surface area contributed by atoms with Gasteiger partial charge in [0.1, 0.15) is 5.75 Å². The van der Waals surface area contributed by atoms with E-state index in [0.717, 1.165) is 30.1 Å². The molecule has 0 heterocycles. The van der Waals surface area contributed by atoms with E-state index in [0.29, 0.717) is 0 Å². The van der Waals surface area contributed by atoms with Crippen LogP contribution >= 0.6 is 0 Å². The fourth-order valence-electron chi connectivity index (χ4n) is 2.98. The van der Waals surface area contributed by atoms with E-state index >= 15 is 0 Å². The predicted molar refractivity (Wildman–Crippen MR) is 86.2 cm³/mol. The van der Waals surface area contributed by atoms with Crippen molar-refractivity contribution in [1.29, 1.82) is 0 Å². The van der Waals surface area contributed by atoms with E-state index in [1.807, 2.05) is 0 Å². The largest absolute Gasteiger partial charge is 0.493 e. The zero-order valence-electron chi connectivity index (χ0n) is 13.4. The van der Waals surface area contributed by atoms with Gasteiger partial charge in [0.25, 0.3) is 0 Å². The molecule has 0 saturated heterocycles. The maximum absolute atomic E-state index is 5.97. The lowest BCUT2D eigenvalue weighted by Gasteiger charge is -2.26. The summed E-state index contributed by atoms with van der Waals surface area (Å²) >= 11 is 0. The zero-order valence-corrected chi connectivity index (χ0v) is 13.4. The molecule has 1 aromatic carbocycles. The minimum absolute atomic E-state index is 0.769. The summed E-state index contributed by atoms with van der Waals surface area (Å²) in [5.41, 5.74) is 1.43. The monoisotopic (exact) mass is 274 g/mol. The first-order valence-electron chi connectivity index (χ1n) is 8.39. The molecule has 1 heteroatoms. The van der Waals surface area contributed by atoms with Crippen LogP contribution in [-0.4, -0.2) is 6.61 Å². The van der Waals surface area contributed by atoms with Gasteiger partial charge >= 0.3 is 0 Å². The van der Waals surface area contributed by atoms with Crippen molar-refractivity contribution >= 4 is 0 Å². The minimum atomic E-state index is 0.769. The molecule has 1 aliphatic rings. The summed E-state index contributed by atoms with van der Waals surface area (Å²) in [4.78, 5) is 0. The van der Waals surface area contributed by atoms with E-state index in [1.165, 1.54) is 44.1 Å². The predicted octanol–water partition coefficient (Wildman–Crippen LogP) is 5.48. The first-order valence-corrected chi connectivity index (χ1v) is 8.39. The Morgan fingerprint density at radius 3 is 2.35 bits per heavy atom. The standard InChI is InChI=1S/C19H30O/c1-4-15(2)13-17-9-11-19(12-10-17)20-14-18-7-5-16(3)6-8-18/h9-12,15-16,18H,4-8,13-14H2,1-3H3. The topological polar surface area (TPSA) is 9.23 Å². The summed E-state index contributed by atoms with van der Waals surface area (Å²) in [6.45, 7) is 7.84. The Morgan fingerprint density at radius 2 is 1.75 bits per heavy atom. The van der Waals surface area contributed by atoms with Gasteiger partial charge in [0, 0.05) is 0 Å². The van der Waals surface area contributed by atoms with Gasteiger partial charge in [0.15, 0.2) is 0 Å². The summed E-state index contributed by atoms with van der Waals surface area (Å²) < 4.78 is 5.97. The van der Waals surface area contributed by atoms with Gasteiger partial charge in [-0.2, -0.15) is 0 Å². The highest BCUT2D eigenvalue weighted by molar-refractivity contribution is 5.27. The Kier molecular flexibility index (Phi) is 5.94. The van der Waals surface area contributed by atoms with E-state index in [9.17, 15) is 0 Å². The van der Waals surface area contributed by atoms with E-state index in [2.05, 4.69) is 45.0 Å². The lowest BCUT2D eigenvalue weighted by molar-refractivity contribution is 0.188. The highest BCUT2D eigenvalue weighted by Gasteiger charge is 2.18. The van der Waals surface area contributed by atoms with Crippen LogP contribution < -0.4 is 4.74 Å². The number of ether oxygens (including phenoxy) is 1. The van der Waals surface area contributed by atoms with Crippen molar-refractivity contribution in [3.05, 3.63) is 29.8 Å². The Bertz CT molecular complexity index is 373. The van der Waals surface area contributed by atoms with Crippen molar-refractivity contribution in [2.75, 3.05) is 6.61 Å². The van der Waals surface area contributed by atoms with Crippen molar-refractivity contribution in [2.45, 2.75) is 59.3 Å². The highest BCUT2D eigenvalue weighted by atomic mass is 16.5. The lowest BCUT2D eigenvalue weighted by Crippen LogP contribution is -2.18. The van der Waals surface area contributed by atoms with Gasteiger partial charge in [-0.25, -0.2) is 0 Å². The maximum Gasteiger partial charge on any atom is 0.119 e. The lowest BCUT2D eigenvalue weighted by atomic mass is 9.83. The van der Waals surface area contributed by atoms with Crippen molar-refractivity contribution in [3.8, 4) is 5.75 Å². The van der Waals surface area contributed by atoms with Crippen molar-refractivity contribution in [2.24, 2.45) is 17.8 Å². The normalized spacial score (nSPS) is 24.4. The van der Waals surface area contributed by atoms with Crippen LogP contribution in [0.1, 0.15) is 58.4 Å². The van der Waals surface area contributed by atoms with E-state index < -0.39 is 0 Å². The van der Waals surface area contributed by atoms with Gasteiger partial charge in [-0.3, -0.25) is 0 Å². The molecule has 20 heavy (non-hydrogen) atoms. The van der Waals surface area contributed by atoms with Crippen LogP contribution in [0.25, 0.3) is 0 Å². The van der Waals surface area contributed by atoms with Gasteiger partial charge < -0.3 is 4.74 Å². The Morgan fingerprint density at radius 1 is 1.10 bits per heavy atom. The fraction of sp³-hybridized carbons (Fsp3) is 0.684. The van der Waals surface area contributed by atoms with E-state index in [4.69, 9.17) is 4.74 Å². The summed E-state index contributed by atoms with van der Waals surface area (Å²) in [6.07, 6.45) is 7.86. The van der Waals surface area contributed by atoms with Crippen LogP contribution in [0.5, 0.6) is 5.75 Å². The molecule has 0 N–H and O–H groups in total. The van der Waals surface area contributed by atoms with Gasteiger partial charge in [-0.05, 0) is 54.7 Å². The smallest absolute Gasteiger partial charge is 0.119 e. The maximum atomic E-state index is 5.97. The van der Waals surface area contributed by atoms with Crippen LogP contribution in [0.15, 0.2) is 24.3 Å². The highest BCUT2D eigenvalue weighted by Crippen LogP contribution is 2.28. The summed E-state index contributed by atoms with van der Waals surface area (Å²) in [5, 5.41) is 0. The molecule has 1 atom stereocenters. The minimum Gasteiger partial charge on any atom is -0.493 e. The van der Waals surface area contributed by atoms with Crippen LogP contribution in [0.4, 0.5) is 0 Å². The van der Waals surface area contributed by atoms with E-state index in [-0.39, 0.29) is 0 Å². The molecule has 0 spiro atoms. The molecule has 1 saturated carbocycles. The number of benzene rings is 1. The molecular formula is C19H30O. The SMILES string of the molecule is CCC(C)Cc1ccc(OCC2CCC(C)CC2)cc1. The van der Waals surface area contributed by atoms with Crippen molar-refractivity contribution < 1.29 is 4.74 Å². The first kappa shape index (κ1) is 15.4. The molecule has 112 valence electrons. The average Bonchev–Trinajstić information content (AvgIpc) is 2.48. The zero-order chi connectivity index (χ0) is 14.4. The number of hydrogen-bond acceptors (Lipinski definition) is 1. The van der Waals surface area contributed by atoms with Crippen LogP contribution in [0.3, 0.4) is 0 Å². The van der Waals surface area contributed by atoms with E-state index in [1.54, 1.807) is 0 Å². The second-order valence-electron chi connectivity index (χ2n) is 6.80. The third kappa shape index (κ3) is 4.85. The van der Waals surface area contributed by atoms with Crippen molar-refractivity contribution in [3.63, 3.8) is 0 Å². The molecule has 1 aliphatic carbocycles. The molecule has 0 amide bonds.